The van der Waals surface area contributed by atoms with Gasteiger partial charge in [-0.2, -0.15) is 0 Å². The number of hydrogen-bond acceptors (Lipinski definition) is 3. The van der Waals surface area contributed by atoms with E-state index >= 15 is 0 Å². The van der Waals surface area contributed by atoms with E-state index in [1.807, 2.05) is 25.1 Å². The zero-order chi connectivity index (χ0) is 14.9. The molecule has 2 rings (SSSR count). The smallest absolute Gasteiger partial charge is 0.119 e. The second-order valence-corrected chi connectivity index (χ2v) is 5.38. The summed E-state index contributed by atoms with van der Waals surface area (Å²) in [7, 11) is 0. The Kier molecular flexibility index (Phi) is 6.59. The Morgan fingerprint density at radius 3 is 3.05 bits per heavy atom. The van der Waals surface area contributed by atoms with Gasteiger partial charge in [0.2, 0.25) is 0 Å². The van der Waals surface area contributed by atoms with E-state index in [1.165, 1.54) is 12.8 Å². The summed E-state index contributed by atoms with van der Waals surface area (Å²) >= 11 is 0. The van der Waals surface area contributed by atoms with Crippen LogP contribution in [0.1, 0.15) is 43.2 Å². The van der Waals surface area contributed by atoms with Gasteiger partial charge in [-0.3, -0.25) is 0 Å². The van der Waals surface area contributed by atoms with Crippen molar-refractivity contribution in [1.29, 1.82) is 0 Å². The predicted molar refractivity (Wildman–Crippen MR) is 83.5 cm³/mol. The fourth-order valence-corrected chi connectivity index (χ4v) is 2.45. The van der Waals surface area contributed by atoms with Crippen molar-refractivity contribution in [1.82, 2.24) is 0 Å². The second kappa shape index (κ2) is 8.71. The van der Waals surface area contributed by atoms with Crippen LogP contribution >= 0.6 is 0 Å². The summed E-state index contributed by atoms with van der Waals surface area (Å²) in [5, 5.41) is 8.73. The van der Waals surface area contributed by atoms with E-state index in [0.29, 0.717) is 12.5 Å². The van der Waals surface area contributed by atoms with E-state index < -0.39 is 0 Å². The molecule has 0 bridgehead atoms. The number of benzene rings is 1. The molecule has 1 aliphatic rings. The SMILES string of the molecule is Cc1cc(OCCCC2CCCO2)ccc1C#CCCO. The summed E-state index contributed by atoms with van der Waals surface area (Å²) in [4.78, 5) is 0. The molecular formula is C18H24O3. The van der Waals surface area contributed by atoms with Crippen molar-refractivity contribution >= 4 is 0 Å². The van der Waals surface area contributed by atoms with Crippen molar-refractivity contribution in [3.05, 3.63) is 29.3 Å². The highest BCUT2D eigenvalue weighted by Gasteiger charge is 2.14. The highest BCUT2D eigenvalue weighted by Crippen LogP contribution is 2.19. The number of aryl methyl sites for hydroxylation is 1. The first-order chi connectivity index (χ1) is 10.3. The van der Waals surface area contributed by atoms with E-state index in [4.69, 9.17) is 14.6 Å². The summed E-state index contributed by atoms with van der Waals surface area (Å²) in [6.45, 7) is 3.79. The summed E-state index contributed by atoms with van der Waals surface area (Å²) in [6, 6.07) is 5.96. The number of aliphatic hydroxyl groups is 1. The van der Waals surface area contributed by atoms with E-state index in [9.17, 15) is 0 Å². The van der Waals surface area contributed by atoms with Gasteiger partial charge in [-0.1, -0.05) is 11.8 Å². The summed E-state index contributed by atoms with van der Waals surface area (Å²) in [5.41, 5.74) is 2.10. The average Bonchev–Trinajstić information content (AvgIpc) is 2.99. The van der Waals surface area contributed by atoms with Crippen LogP contribution in [0, 0.1) is 18.8 Å². The molecule has 0 aliphatic carbocycles. The molecule has 3 heteroatoms. The van der Waals surface area contributed by atoms with Crippen molar-refractivity contribution in [3.8, 4) is 17.6 Å². The topological polar surface area (TPSA) is 38.7 Å². The van der Waals surface area contributed by atoms with Crippen LogP contribution in [-0.4, -0.2) is 31.0 Å². The van der Waals surface area contributed by atoms with Crippen LogP contribution in [0.4, 0.5) is 0 Å². The quantitative estimate of drug-likeness (QED) is 0.646. The van der Waals surface area contributed by atoms with Crippen LogP contribution < -0.4 is 4.74 Å². The van der Waals surface area contributed by atoms with Crippen molar-refractivity contribution < 1.29 is 14.6 Å². The van der Waals surface area contributed by atoms with E-state index in [-0.39, 0.29) is 6.61 Å². The van der Waals surface area contributed by atoms with Gasteiger partial charge in [0.1, 0.15) is 5.75 Å². The highest BCUT2D eigenvalue weighted by atomic mass is 16.5. The molecule has 1 aromatic carbocycles. The monoisotopic (exact) mass is 288 g/mol. The zero-order valence-electron chi connectivity index (χ0n) is 12.7. The predicted octanol–water partition coefficient (Wildman–Crippen LogP) is 3.07. The molecule has 1 fully saturated rings. The maximum atomic E-state index is 8.73. The van der Waals surface area contributed by atoms with E-state index in [0.717, 1.165) is 42.9 Å². The Hall–Kier alpha value is -1.50. The molecule has 1 heterocycles. The Balaban J connectivity index is 1.76. The normalized spacial score (nSPS) is 17.3. The van der Waals surface area contributed by atoms with Gasteiger partial charge < -0.3 is 14.6 Å². The molecule has 1 atom stereocenters. The lowest BCUT2D eigenvalue weighted by molar-refractivity contribution is 0.0981. The van der Waals surface area contributed by atoms with Gasteiger partial charge >= 0.3 is 0 Å². The first-order valence-electron chi connectivity index (χ1n) is 7.74. The molecule has 0 amide bonds. The first kappa shape index (κ1) is 15.9. The van der Waals surface area contributed by atoms with Crippen LogP contribution in [0.15, 0.2) is 18.2 Å². The minimum absolute atomic E-state index is 0.109. The van der Waals surface area contributed by atoms with Gasteiger partial charge in [0.25, 0.3) is 0 Å². The molecule has 3 nitrogen and oxygen atoms in total. The lowest BCUT2D eigenvalue weighted by Gasteiger charge is -2.10. The molecular weight excluding hydrogens is 264 g/mol. The first-order valence-corrected chi connectivity index (χ1v) is 7.74. The Morgan fingerprint density at radius 2 is 2.33 bits per heavy atom. The maximum Gasteiger partial charge on any atom is 0.119 e. The van der Waals surface area contributed by atoms with Crippen LogP contribution in [0.5, 0.6) is 5.75 Å². The summed E-state index contributed by atoms with van der Waals surface area (Å²) in [5.74, 6) is 6.90. The fourth-order valence-electron chi connectivity index (χ4n) is 2.45. The third-order valence-corrected chi connectivity index (χ3v) is 3.62. The van der Waals surface area contributed by atoms with Crippen LogP contribution in [0.3, 0.4) is 0 Å². The van der Waals surface area contributed by atoms with Gasteiger partial charge in [-0.25, -0.2) is 0 Å². The molecule has 1 unspecified atom stereocenters. The van der Waals surface area contributed by atoms with Crippen molar-refractivity contribution in [2.24, 2.45) is 0 Å². The molecule has 0 radical (unpaired) electrons. The Bertz CT molecular complexity index is 493. The molecule has 21 heavy (non-hydrogen) atoms. The number of rotatable bonds is 6. The van der Waals surface area contributed by atoms with Crippen LogP contribution in [0.2, 0.25) is 0 Å². The summed E-state index contributed by atoms with van der Waals surface area (Å²) < 4.78 is 11.4. The molecule has 1 N–H and O–H groups in total. The maximum absolute atomic E-state index is 8.73. The average molecular weight is 288 g/mol. The lowest BCUT2D eigenvalue weighted by atomic mass is 10.1. The Labute approximate surface area is 127 Å². The highest BCUT2D eigenvalue weighted by molar-refractivity contribution is 5.44. The van der Waals surface area contributed by atoms with Gasteiger partial charge in [0, 0.05) is 18.6 Å². The molecule has 0 aromatic heterocycles. The number of aliphatic hydroxyl groups excluding tert-OH is 1. The third-order valence-electron chi connectivity index (χ3n) is 3.62. The third kappa shape index (κ3) is 5.41. The van der Waals surface area contributed by atoms with Gasteiger partial charge in [0.05, 0.1) is 19.3 Å². The minimum atomic E-state index is 0.109. The van der Waals surface area contributed by atoms with E-state index in [2.05, 4.69) is 11.8 Å². The second-order valence-electron chi connectivity index (χ2n) is 5.38. The Morgan fingerprint density at radius 1 is 1.43 bits per heavy atom. The van der Waals surface area contributed by atoms with Gasteiger partial charge in [0.15, 0.2) is 0 Å². The largest absolute Gasteiger partial charge is 0.494 e. The van der Waals surface area contributed by atoms with Crippen molar-refractivity contribution in [3.63, 3.8) is 0 Å². The molecule has 1 saturated heterocycles. The van der Waals surface area contributed by atoms with Crippen molar-refractivity contribution in [2.75, 3.05) is 19.8 Å². The van der Waals surface area contributed by atoms with Gasteiger partial charge in [-0.15, -0.1) is 0 Å². The summed E-state index contributed by atoms with van der Waals surface area (Å²) in [6.07, 6.45) is 5.47. The van der Waals surface area contributed by atoms with Crippen molar-refractivity contribution in [2.45, 2.75) is 45.1 Å². The lowest BCUT2D eigenvalue weighted by Crippen LogP contribution is -2.07. The van der Waals surface area contributed by atoms with E-state index in [1.54, 1.807) is 0 Å². The molecule has 0 spiro atoms. The molecule has 1 aliphatic heterocycles. The molecule has 114 valence electrons. The van der Waals surface area contributed by atoms with Crippen LogP contribution in [-0.2, 0) is 4.74 Å². The standard InChI is InChI=1S/C18H24O3/c1-15-14-18(10-9-16(15)6-2-3-11-19)21-13-5-8-17-7-4-12-20-17/h9-10,14,17,19H,3-5,7-8,11-13H2,1H3. The van der Waals surface area contributed by atoms with Gasteiger partial charge in [-0.05, 0) is 56.4 Å². The molecule has 1 aromatic rings. The number of ether oxygens (including phenoxy) is 2. The fraction of sp³-hybridized carbons (Fsp3) is 0.556. The minimum Gasteiger partial charge on any atom is -0.494 e. The molecule has 0 saturated carbocycles. The number of hydrogen-bond donors (Lipinski definition) is 1. The zero-order valence-corrected chi connectivity index (χ0v) is 12.7. The van der Waals surface area contributed by atoms with Crippen LogP contribution in [0.25, 0.3) is 0 Å².